The van der Waals surface area contributed by atoms with Gasteiger partial charge in [0.1, 0.15) is 11.6 Å². The number of hydrogen-bond acceptors (Lipinski definition) is 6. The molecule has 4 rings (SSSR count). The SMILES string of the molecule is OCC1CCCN1c1cccc(Nc2ccnn3ccnc23)n1. The summed E-state index contributed by atoms with van der Waals surface area (Å²) < 4.78 is 1.72. The van der Waals surface area contributed by atoms with E-state index in [0.29, 0.717) is 0 Å². The zero-order chi connectivity index (χ0) is 15.6. The fraction of sp³-hybridized carbons (Fsp3) is 0.312. The number of nitrogens with zero attached hydrogens (tertiary/aromatic N) is 5. The van der Waals surface area contributed by atoms with Gasteiger partial charge < -0.3 is 15.3 Å². The average Bonchev–Trinajstić information content (AvgIpc) is 3.24. The lowest BCUT2D eigenvalue weighted by Gasteiger charge is -2.24. The first-order valence-electron chi connectivity index (χ1n) is 7.75. The molecule has 7 nitrogen and oxygen atoms in total. The third-order valence-electron chi connectivity index (χ3n) is 4.17. The molecule has 1 aliphatic rings. The highest BCUT2D eigenvalue weighted by molar-refractivity contribution is 5.72. The van der Waals surface area contributed by atoms with Gasteiger partial charge in [-0.3, -0.25) is 0 Å². The number of nitrogens with one attached hydrogen (secondary N) is 1. The number of aliphatic hydroxyl groups excluding tert-OH is 1. The van der Waals surface area contributed by atoms with Crippen LogP contribution in [-0.2, 0) is 0 Å². The number of hydrogen-bond donors (Lipinski definition) is 2. The van der Waals surface area contributed by atoms with E-state index < -0.39 is 0 Å². The van der Waals surface area contributed by atoms with Gasteiger partial charge in [-0.05, 0) is 31.0 Å². The van der Waals surface area contributed by atoms with Crippen LogP contribution in [0, 0.1) is 0 Å². The molecule has 0 aliphatic carbocycles. The third kappa shape index (κ3) is 2.59. The molecule has 1 aliphatic heterocycles. The summed E-state index contributed by atoms with van der Waals surface area (Å²) in [4.78, 5) is 11.2. The van der Waals surface area contributed by atoms with E-state index in [1.807, 2.05) is 24.3 Å². The number of imidazole rings is 1. The number of pyridine rings is 1. The Morgan fingerprint density at radius 1 is 1.26 bits per heavy atom. The zero-order valence-electron chi connectivity index (χ0n) is 12.6. The van der Waals surface area contributed by atoms with E-state index in [2.05, 4.69) is 25.3 Å². The van der Waals surface area contributed by atoms with Crippen molar-refractivity contribution in [2.75, 3.05) is 23.4 Å². The van der Waals surface area contributed by atoms with Crippen molar-refractivity contribution in [3.05, 3.63) is 42.9 Å². The first-order valence-corrected chi connectivity index (χ1v) is 7.75. The van der Waals surface area contributed by atoms with Gasteiger partial charge in [-0.2, -0.15) is 5.10 Å². The maximum absolute atomic E-state index is 9.49. The Morgan fingerprint density at radius 2 is 2.22 bits per heavy atom. The molecule has 0 spiro atoms. The van der Waals surface area contributed by atoms with E-state index in [1.165, 1.54) is 0 Å². The highest BCUT2D eigenvalue weighted by Gasteiger charge is 2.24. The first kappa shape index (κ1) is 14.0. The molecule has 23 heavy (non-hydrogen) atoms. The van der Waals surface area contributed by atoms with Gasteiger partial charge in [-0.15, -0.1) is 0 Å². The molecule has 3 aromatic rings. The molecule has 0 radical (unpaired) electrons. The second-order valence-electron chi connectivity index (χ2n) is 5.62. The number of anilines is 3. The van der Waals surface area contributed by atoms with Gasteiger partial charge in [-0.25, -0.2) is 14.5 Å². The Hall–Kier alpha value is -2.67. The van der Waals surface area contributed by atoms with Crippen LogP contribution >= 0.6 is 0 Å². The topological polar surface area (TPSA) is 78.6 Å². The minimum absolute atomic E-state index is 0.165. The van der Waals surface area contributed by atoms with Gasteiger partial charge in [0, 0.05) is 18.9 Å². The summed E-state index contributed by atoms with van der Waals surface area (Å²) in [6, 6.07) is 7.92. The Labute approximate surface area is 133 Å². The lowest BCUT2D eigenvalue weighted by Crippen LogP contribution is -2.32. The minimum atomic E-state index is 0.165. The zero-order valence-corrected chi connectivity index (χ0v) is 12.6. The van der Waals surface area contributed by atoms with Crippen LogP contribution in [0.1, 0.15) is 12.8 Å². The van der Waals surface area contributed by atoms with E-state index in [4.69, 9.17) is 0 Å². The van der Waals surface area contributed by atoms with Crippen molar-refractivity contribution in [2.24, 2.45) is 0 Å². The first-order chi connectivity index (χ1) is 11.3. The quantitative estimate of drug-likeness (QED) is 0.765. The van der Waals surface area contributed by atoms with Crippen molar-refractivity contribution in [1.82, 2.24) is 19.6 Å². The third-order valence-corrected chi connectivity index (χ3v) is 4.17. The fourth-order valence-electron chi connectivity index (χ4n) is 3.05. The highest BCUT2D eigenvalue weighted by Crippen LogP contribution is 2.26. The van der Waals surface area contributed by atoms with Crippen LogP contribution < -0.4 is 10.2 Å². The smallest absolute Gasteiger partial charge is 0.177 e. The predicted molar refractivity (Wildman–Crippen MR) is 88.0 cm³/mol. The molecule has 2 N–H and O–H groups in total. The van der Waals surface area contributed by atoms with Crippen molar-refractivity contribution in [2.45, 2.75) is 18.9 Å². The van der Waals surface area contributed by atoms with Gasteiger partial charge in [0.05, 0.1) is 24.5 Å². The van der Waals surface area contributed by atoms with Crippen LogP contribution in [-0.4, -0.2) is 43.9 Å². The summed E-state index contributed by atoms with van der Waals surface area (Å²) >= 11 is 0. The molecule has 7 heteroatoms. The Bertz CT molecular complexity index is 817. The summed E-state index contributed by atoms with van der Waals surface area (Å²) in [7, 11) is 0. The molecule has 0 aromatic carbocycles. The number of aliphatic hydroxyl groups is 1. The number of rotatable bonds is 4. The second-order valence-corrected chi connectivity index (χ2v) is 5.62. The summed E-state index contributed by atoms with van der Waals surface area (Å²) in [6.45, 7) is 1.10. The summed E-state index contributed by atoms with van der Waals surface area (Å²) in [5.41, 5.74) is 1.61. The molecular weight excluding hydrogens is 292 g/mol. The van der Waals surface area contributed by atoms with E-state index >= 15 is 0 Å². The van der Waals surface area contributed by atoms with Gasteiger partial charge >= 0.3 is 0 Å². The predicted octanol–water partition coefficient (Wildman–Crippen LogP) is 1.83. The molecule has 1 saturated heterocycles. The molecule has 1 unspecified atom stereocenters. The standard InChI is InChI=1S/C16H18N6O/c23-11-12-3-2-9-21(12)15-5-1-4-14(20-15)19-13-6-7-18-22-10-8-17-16(13)22/h1,4-8,10,12,23H,2-3,9,11H2,(H,19,20). The molecule has 0 saturated carbocycles. The maximum atomic E-state index is 9.49. The average molecular weight is 310 g/mol. The van der Waals surface area contributed by atoms with Crippen molar-refractivity contribution in [3.63, 3.8) is 0 Å². The Morgan fingerprint density at radius 3 is 3.13 bits per heavy atom. The van der Waals surface area contributed by atoms with Crippen molar-refractivity contribution in [3.8, 4) is 0 Å². The van der Waals surface area contributed by atoms with E-state index in [-0.39, 0.29) is 12.6 Å². The molecule has 4 heterocycles. The summed E-state index contributed by atoms with van der Waals surface area (Å²) in [5, 5.41) is 17.0. The summed E-state index contributed by atoms with van der Waals surface area (Å²) in [5.74, 6) is 1.64. The van der Waals surface area contributed by atoms with Crippen LogP contribution in [0.15, 0.2) is 42.9 Å². The molecule has 1 fully saturated rings. The normalized spacial score (nSPS) is 17.8. The lowest BCUT2D eigenvalue weighted by molar-refractivity contribution is 0.266. The Balaban J connectivity index is 1.63. The minimum Gasteiger partial charge on any atom is -0.394 e. The lowest BCUT2D eigenvalue weighted by atomic mass is 10.2. The number of aromatic nitrogens is 4. The van der Waals surface area contributed by atoms with Gasteiger partial charge in [0.15, 0.2) is 5.65 Å². The van der Waals surface area contributed by atoms with Crippen molar-refractivity contribution in [1.29, 1.82) is 0 Å². The van der Waals surface area contributed by atoms with Crippen LogP contribution in [0.4, 0.5) is 17.3 Å². The molecular formula is C16H18N6O. The van der Waals surface area contributed by atoms with Crippen LogP contribution in [0.2, 0.25) is 0 Å². The maximum Gasteiger partial charge on any atom is 0.177 e. The molecule has 3 aromatic heterocycles. The van der Waals surface area contributed by atoms with Crippen LogP contribution in [0.5, 0.6) is 0 Å². The summed E-state index contributed by atoms with van der Waals surface area (Å²) in [6.07, 6.45) is 7.34. The van der Waals surface area contributed by atoms with Crippen LogP contribution in [0.25, 0.3) is 5.65 Å². The molecule has 1 atom stereocenters. The largest absolute Gasteiger partial charge is 0.394 e. The van der Waals surface area contributed by atoms with Gasteiger partial charge in [0.2, 0.25) is 0 Å². The molecule has 0 bridgehead atoms. The van der Waals surface area contributed by atoms with Crippen LogP contribution in [0.3, 0.4) is 0 Å². The van der Waals surface area contributed by atoms with Crippen molar-refractivity contribution < 1.29 is 5.11 Å². The van der Waals surface area contributed by atoms with E-state index in [0.717, 1.165) is 42.4 Å². The fourth-order valence-corrected chi connectivity index (χ4v) is 3.05. The van der Waals surface area contributed by atoms with Gasteiger partial charge in [-0.1, -0.05) is 6.07 Å². The van der Waals surface area contributed by atoms with E-state index in [1.54, 1.807) is 23.1 Å². The second kappa shape index (κ2) is 5.85. The van der Waals surface area contributed by atoms with E-state index in [9.17, 15) is 5.11 Å². The number of fused-ring (bicyclic) bond motifs is 1. The van der Waals surface area contributed by atoms with Crippen molar-refractivity contribution >= 4 is 23.0 Å². The Kier molecular flexibility index (Phi) is 3.55. The van der Waals surface area contributed by atoms with Gasteiger partial charge in [0.25, 0.3) is 0 Å². The monoisotopic (exact) mass is 310 g/mol. The molecule has 0 amide bonds. The molecule has 118 valence electrons. The highest BCUT2D eigenvalue weighted by atomic mass is 16.3.